The molecule has 0 saturated carbocycles. The first-order chi connectivity index (χ1) is 16.1. The Bertz CT molecular complexity index is 1100. The molecule has 1 fully saturated rings. The third-order valence-corrected chi connectivity index (χ3v) is 6.53. The lowest BCUT2D eigenvalue weighted by molar-refractivity contribution is -0.0249. The molecule has 0 spiro atoms. The van der Waals surface area contributed by atoms with Crippen LogP contribution in [0.3, 0.4) is 0 Å². The number of rotatable bonds is 7. The number of carbonyl (C=O) groups is 1. The number of hydrogen-bond donors (Lipinski definition) is 2. The van der Waals surface area contributed by atoms with Gasteiger partial charge in [-0.1, -0.05) is 26.0 Å². The lowest BCUT2D eigenvalue weighted by Crippen LogP contribution is -2.42. The van der Waals surface area contributed by atoms with Crippen molar-refractivity contribution in [2.45, 2.75) is 51.6 Å². The fourth-order valence-corrected chi connectivity index (χ4v) is 4.56. The van der Waals surface area contributed by atoms with Gasteiger partial charge in [0.05, 0.1) is 25.5 Å². The number of fused-ring (bicyclic) bond motifs is 1. The van der Waals surface area contributed by atoms with E-state index < -0.39 is 0 Å². The van der Waals surface area contributed by atoms with Crippen LogP contribution in [0.1, 0.15) is 71.0 Å². The molecule has 1 unspecified atom stereocenters. The van der Waals surface area contributed by atoms with E-state index >= 15 is 0 Å². The van der Waals surface area contributed by atoms with Gasteiger partial charge < -0.3 is 14.4 Å². The van der Waals surface area contributed by atoms with Crippen LogP contribution >= 0.6 is 0 Å². The van der Waals surface area contributed by atoms with Crippen molar-refractivity contribution < 1.29 is 14.3 Å². The Hall–Kier alpha value is -3.13. The molecular formula is C25H31N5O3. The Balaban J connectivity index is 1.16. The van der Waals surface area contributed by atoms with E-state index in [1.54, 1.807) is 0 Å². The van der Waals surface area contributed by atoms with Gasteiger partial charge in [-0.2, -0.15) is 10.2 Å². The monoisotopic (exact) mass is 449 g/mol. The third-order valence-electron chi connectivity index (χ3n) is 6.53. The number of benzene rings is 1. The predicted octanol–water partition coefficient (Wildman–Crippen LogP) is 3.58. The second-order valence-electron chi connectivity index (χ2n) is 9.13. The normalized spacial score (nSPS) is 18.0. The average Bonchev–Trinajstić information content (AvgIpc) is 3.57. The quantitative estimate of drug-likeness (QED) is 0.575. The maximum atomic E-state index is 13.1. The maximum Gasteiger partial charge on any atom is 0.274 e. The van der Waals surface area contributed by atoms with Crippen LogP contribution in [0.25, 0.3) is 0 Å². The number of morpholine rings is 1. The van der Waals surface area contributed by atoms with Crippen molar-refractivity contribution in [1.29, 1.82) is 0 Å². The molecular weight excluding hydrogens is 418 g/mol. The van der Waals surface area contributed by atoms with Crippen LogP contribution < -0.4 is 4.74 Å². The minimum atomic E-state index is -0.246. The third kappa shape index (κ3) is 4.66. The summed E-state index contributed by atoms with van der Waals surface area (Å²) in [5.74, 6) is 1.36. The highest BCUT2D eigenvalue weighted by molar-refractivity contribution is 5.94. The molecule has 33 heavy (non-hydrogen) atoms. The van der Waals surface area contributed by atoms with E-state index in [-0.39, 0.29) is 12.0 Å². The highest BCUT2D eigenvalue weighted by Gasteiger charge is 2.31. The van der Waals surface area contributed by atoms with Gasteiger partial charge in [-0.3, -0.25) is 15.0 Å². The number of carbonyl (C=O) groups excluding carboxylic acids is 1. The molecule has 0 bridgehead atoms. The fourth-order valence-electron chi connectivity index (χ4n) is 4.56. The molecule has 3 aromatic rings. The van der Waals surface area contributed by atoms with Crippen LogP contribution in [0.4, 0.5) is 0 Å². The molecule has 1 atom stereocenters. The molecule has 174 valence electrons. The Morgan fingerprint density at radius 1 is 1.21 bits per heavy atom. The molecule has 1 amide bonds. The molecule has 1 saturated heterocycles. The molecule has 5 rings (SSSR count). The van der Waals surface area contributed by atoms with Gasteiger partial charge in [0.1, 0.15) is 11.9 Å². The summed E-state index contributed by atoms with van der Waals surface area (Å²) in [5, 5.41) is 14.9. The topological polar surface area (TPSA) is 96.1 Å². The van der Waals surface area contributed by atoms with Gasteiger partial charge >= 0.3 is 0 Å². The smallest absolute Gasteiger partial charge is 0.274 e. The van der Waals surface area contributed by atoms with E-state index in [0.29, 0.717) is 44.3 Å². The highest BCUT2D eigenvalue weighted by atomic mass is 16.5. The fraction of sp³-hybridized carbons (Fsp3) is 0.480. The molecule has 3 heterocycles. The van der Waals surface area contributed by atoms with Gasteiger partial charge in [-0.05, 0) is 48.9 Å². The van der Waals surface area contributed by atoms with Crippen LogP contribution in [-0.4, -0.2) is 57.5 Å². The second-order valence-corrected chi connectivity index (χ2v) is 9.13. The predicted molar refractivity (Wildman–Crippen MR) is 124 cm³/mol. The number of nitrogens with zero attached hydrogens (tertiary/aromatic N) is 3. The standard InChI is InChI=1S/C25H31N5O3/c1-16(2)17-6-8-19(9-7-17)32-12-10-18-14-22(28-26-18)23-15-30(11-13-33-23)25(31)24-20-4-3-5-21(20)27-29-24/h6-9,14,16,23H,3-5,10-13,15H2,1-2H3,(H,26,28)(H,27,29). The molecule has 8 nitrogen and oxygen atoms in total. The lowest BCUT2D eigenvalue weighted by atomic mass is 10.0. The van der Waals surface area contributed by atoms with Crippen molar-refractivity contribution in [2.24, 2.45) is 0 Å². The van der Waals surface area contributed by atoms with E-state index in [4.69, 9.17) is 9.47 Å². The number of hydrogen-bond acceptors (Lipinski definition) is 5. The van der Waals surface area contributed by atoms with Crippen molar-refractivity contribution in [3.63, 3.8) is 0 Å². The van der Waals surface area contributed by atoms with E-state index in [2.05, 4.69) is 46.4 Å². The second kappa shape index (κ2) is 9.39. The summed E-state index contributed by atoms with van der Waals surface area (Å²) in [6.07, 6.45) is 3.45. The van der Waals surface area contributed by atoms with Crippen LogP contribution in [0, 0.1) is 0 Å². The minimum absolute atomic E-state index is 0.0182. The molecule has 0 radical (unpaired) electrons. The number of nitrogens with one attached hydrogen (secondary N) is 2. The number of aryl methyl sites for hydroxylation is 1. The largest absolute Gasteiger partial charge is 0.493 e. The van der Waals surface area contributed by atoms with Crippen LogP contribution in [0.2, 0.25) is 0 Å². The summed E-state index contributed by atoms with van der Waals surface area (Å²) in [6.45, 7) is 6.45. The zero-order chi connectivity index (χ0) is 22.8. The molecule has 2 aliphatic rings. The first kappa shape index (κ1) is 21.7. The Morgan fingerprint density at radius 2 is 2.06 bits per heavy atom. The summed E-state index contributed by atoms with van der Waals surface area (Å²) in [6, 6.07) is 10.3. The highest BCUT2D eigenvalue weighted by Crippen LogP contribution is 2.27. The van der Waals surface area contributed by atoms with E-state index in [0.717, 1.165) is 47.7 Å². The summed E-state index contributed by atoms with van der Waals surface area (Å²) >= 11 is 0. The molecule has 8 heteroatoms. The molecule has 1 aromatic carbocycles. The molecule has 1 aliphatic carbocycles. The number of aromatic amines is 2. The summed E-state index contributed by atoms with van der Waals surface area (Å²) in [4.78, 5) is 14.9. The van der Waals surface area contributed by atoms with Crippen LogP contribution in [-0.2, 0) is 24.0 Å². The number of ether oxygens (including phenoxy) is 2. The minimum Gasteiger partial charge on any atom is -0.493 e. The maximum absolute atomic E-state index is 13.1. The first-order valence-corrected chi connectivity index (χ1v) is 11.8. The van der Waals surface area contributed by atoms with Gasteiger partial charge in [-0.25, -0.2) is 0 Å². The van der Waals surface area contributed by atoms with E-state index in [9.17, 15) is 4.79 Å². The Kier molecular flexibility index (Phi) is 6.17. The van der Waals surface area contributed by atoms with Crippen molar-refractivity contribution in [3.05, 3.63) is 64.2 Å². The summed E-state index contributed by atoms with van der Waals surface area (Å²) < 4.78 is 11.8. The van der Waals surface area contributed by atoms with Crippen LogP contribution in [0.5, 0.6) is 5.75 Å². The van der Waals surface area contributed by atoms with Gasteiger partial charge in [0.15, 0.2) is 5.69 Å². The van der Waals surface area contributed by atoms with Gasteiger partial charge in [0, 0.05) is 29.9 Å². The molecule has 1 aliphatic heterocycles. The number of H-pyrrole nitrogens is 2. The van der Waals surface area contributed by atoms with Crippen molar-refractivity contribution in [3.8, 4) is 5.75 Å². The molecule has 2 aromatic heterocycles. The lowest BCUT2D eigenvalue weighted by Gasteiger charge is -2.31. The SMILES string of the molecule is CC(C)c1ccc(OCCc2cc(C3CN(C(=O)c4n[nH]c5c4CCC5)CCO3)n[nH]2)cc1. The molecule has 2 N–H and O–H groups in total. The number of aromatic nitrogens is 4. The van der Waals surface area contributed by atoms with Gasteiger partial charge in [0.2, 0.25) is 0 Å². The Labute approximate surface area is 193 Å². The van der Waals surface area contributed by atoms with Crippen LogP contribution in [0.15, 0.2) is 30.3 Å². The van der Waals surface area contributed by atoms with Gasteiger partial charge in [0.25, 0.3) is 5.91 Å². The zero-order valence-electron chi connectivity index (χ0n) is 19.3. The number of amides is 1. The summed E-state index contributed by atoms with van der Waals surface area (Å²) in [7, 11) is 0. The summed E-state index contributed by atoms with van der Waals surface area (Å²) in [5.41, 5.74) is 5.88. The van der Waals surface area contributed by atoms with E-state index in [1.165, 1.54) is 5.56 Å². The first-order valence-electron chi connectivity index (χ1n) is 11.8. The Morgan fingerprint density at radius 3 is 2.88 bits per heavy atom. The zero-order valence-corrected chi connectivity index (χ0v) is 19.3. The van der Waals surface area contributed by atoms with Crippen molar-refractivity contribution in [2.75, 3.05) is 26.3 Å². The average molecular weight is 450 g/mol. The van der Waals surface area contributed by atoms with E-state index in [1.807, 2.05) is 23.1 Å². The van der Waals surface area contributed by atoms with Crippen molar-refractivity contribution in [1.82, 2.24) is 25.3 Å². The van der Waals surface area contributed by atoms with Crippen molar-refractivity contribution >= 4 is 5.91 Å². The van der Waals surface area contributed by atoms with Gasteiger partial charge in [-0.15, -0.1) is 0 Å².